The molecule has 3 heteroatoms. The SMILES string of the molecule is Cl.Oc1ccc(CN2CCC(=C(c3ccccc3)c3ccccc3)CC2)cc1. The molecule has 1 saturated heterocycles. The predicted octanol–water partition coefficient (Wildman–Crippen LogP) is 5.91. The molecular formula is C25H26ClNO. The predicted molar refractivity (Wildman–Crippen MR) is 119 cm³/mol. The van der Waals surface area contributed by atoms with Crippen LogP contribution in [0.2, 0.25) is 0 Å². The number of nitrogens with zero attached hydrogens (tertiary/aromatic N) is 1. The first-order valence-electron chi connectivity index (χ1n) is 9.63. The Hall–Kier alpha value is -2.55. The van der Waals surface area contributed by atoms with Crippen LogP contribution in [-0.2, 0) is 6.54 Å². The number of phenols is 1. The Morgan fingerprint density at radius 2 is 1.21 bits per heavy atom. The lowest BCUT2D eigenvalue weighted by atomic mass is 9.88. The number of hydrogen-bond donors (Lipinski definition) is 1. The summed E-state index contributed by atoms with van der Waals surface area (Å²) >= 11 is 0. The Balaban J connectivity index is 0.00000225. The number of halogens is 1. The highest BCUT2D eigenvalue weighted by atomic mass is 35.5. The fourth-order valence-electron chi connectivity index (χ4n) is 3.88. The average Bonchev–Trinajstić information content (AvgIpc) is 2.73. The molecule has 1 N–H and O–H groups in total. The van der Waals surface area contributed by atoms with Crippen LogP contribution in [0.25, 0.3) is 5.57 Å². The van der Waals surface area contributed by atoms with Crippen molar-refractivity contribution in [1.29, 1.82) is 0 Å². The van der Waals surface area contributed by atoms with Crippen LogP contribution in [0.1, 0.15) is 29.5 Å². The molecule has 0 aliphatic carbocycles. The lowest BCUT2D eigenvalue weighted by Crippen LogP contribution is -2.30. The molecule has 1 heterocycles. The van der Waals surface area contributed by atoms with Crippen molar-refractivity contribution in [2.24, 2.45) is 0 Å². The van der Waals surface area contributed by atoms with E-state index in [1.165, 1.54) is 22.3 Å². The van der Waals surface area contributed by atoms with Crippen LogP contribution in [-0.4, -0.2) is 23.1 Å². The zero-order valence-electron chi connectivity index (χ0n) is 15.9. The smallest absolute Gasteiger partial charge is 0.115 e. The van der Waals surface area contributed by atoms with E-state index >= 15 is 0 Å². The summed E-state index contributed by atoms with van der Waals surface area (Å²) in [7, 11) is 0. The molecule has 3 aromatic carbocycles. The largest absolute Gasteiger partial charge is 0.508 e. The van der Waals surface area contributed by atoms with Gasteiger partial charge >= 0.3 is 0 Å². The summed E-state index contributed by atoms with van der Waals surface area (Å²) in [6.45, 7) is 3.08. The van der Waals surface area contributed by atoms with Crippen molar-refractivity contribution in [2.45, 2.75) is 19.4 Å². The van der Waals surface area contributed by atoms with Gasteiger partial charge in [0.2, 0.25) is 0 Å². The highest BCUT2D eigenvalue weighted by Crippen LogP contribution is 2.32. The molecule has 1 aliphatic heterocycles. The highest BCUT2D eigenvalue weighted by Gasteiger charge is 2.19. The first-order valence-corrected chi connectivity index (χ1v) is 9.63. The Bertz CT molecular complexity index is 853. The average molecular weight is 392 g/mol. The van der Waals surface area contributed by atoms with E-state index in [9.17, 15) is 5.11 Å². The molecule has 0 bridgehead atoms. The third-order valence-electron chi connectivity index (χ3n) is 5.28. The monoisotopic (exact) mass is 391 g/mol. The number of benzene rings is 3. The fourth-order valence-corrected chi connectivity index (χ4v) is 3.88. The zero-order chi connectivity index (χ0) is 18.5. The van der Waals surface area contributed by atoms with Gasteiger partial charge in [-0.15, -0.1) is 12.4 Å². The van der Waals surface area contributed by atoms with E-state index in [0.717, 1.165) is 32.5 Å². The highest BCUT2D eigenvalue weighted by molar-refractivity contribution is 5.85. The van der Waals surface area contributed by atoms with Gasteiger partial charge in [-0.3, -0.25) is 4.90 Å². The molecule has 0 amide bonds. The molecule has 2 nitrogen and oxygen atoms in total. The molecular weight excluding hydrogens is 366 g/mol. The molecule has 0 spiro atoms. The molecule has 0 radical (unpaired) electrons. The second-order valence-corrected chi connectivity index (χ2v) is 7.15. The summed E-state index contributed by atoms with van der Waals surface area (Å²) < 4.78 is 0. The fraction of sp³-hybridized carbons (Fsp3) is 0.200. The summed E-state index contributed by atoms with van der Waals surface area (Å²) in [6.07, 6.45) is 2.19. The van der Waals surface area contributed by atoms with Gasteiger partial charge in [0.15, 0.2) is 0 Å². The lowest BCUT2D eigenvalue weighted by Gasteiger charge is -2.30. The molecule has 0 atom stereocenters. The minimum atomic E-state index is 0. The Morgan fingerprint density at radius 1 is 0.714 bits per heavy atom. The van der Waals surface area contributed by atoms with E-state index in [-0.39, 0.29) is 12.4 Å². The van der Waals surface area contributed by atoms with E-state index in [1.807, 2.05) is 12.1 Å². The van der Waals surface area contributed by atoms with Crippen molar-refractivity contribution < 1.29 is 5.11 Å². The van der Waals surface area contributed by atoms with Gasteiger partial charge in [-0.05, 0) is 47.2 Å². The van der Waals surface area contributed by atoms with Crippen LogP contribution in [0.3, 0.4) is 0 Å². The van der Waals surface area contributed by atoms with Gasteiger partial charge in [0.1, 0.15) is 5.75 Å². The maximum Gasteiger partial charge on any atom is 0.115 e. The van der Waals surface area contributed by atoms with Gasteiger partial charge in [0.25, 0.3) is 0 Å². The van der Waals surface area contributed by atoms with Gasteiger partial charge in [0.05, 0.1) is 0 Å². The standard InChI is InChI=1S/C25H25NO.ClH/c27-24-13-11-20(12-14-24)19-26-17-15-23(16-18-26)25(21-7-3-1-4-8-21)22-9-5-2-6-10-22;/h1-14,27H,15-19H2;1H. The number of likely N-dealkylation sites (tertiary alicyclic amines) is 1. The Kier molecular flexibility index (Phi) is 6.91. The van der Waals surface area contributed by atoms with Crippen molar-refractivity contribution >= 4 is 18.0 Å². The number of piperidine rings is 1. The first kappa shape index (κ1) is 20.2. The van der Waals surface area contributed by atoms with Gasteiger partial charge < -0.3 is 5.11 Å². The molecule has 0 saturated carbocycles. The summed E-state index contributed by atoms with van der Waals surface area (Å²) in [5.74, 6) is 0.331. The minimum absolute atomic E-state index is 0. The van der Waals surface area contributed by atoms with Gasteiger partial charge in [-0.2, -0.15) is 0 Å². The number of phenolic OH excluding ortho intramolecular Hbond substituents is 1. The van der Waals surface area contributed by atoms with Crippen LogP contribution in [0.4, 0.5) is 0 Å². The molecule has 0 unspecified atom stereocenters. The van der Waals surface area contributed by atoms with Crippen molar-refractivity contribution in [1.82, 2.24) is 4.90 Å². The molecule has 1 fully saturated rings. The quantitative estimate of drug-likeness (QED) is 0.597. The van der Waals surface area contributed by atoms with E-state index in [2.05, 4.69) is 65.6 Å². The lowest BCUT2D eigenvalue weighted by molar-refractivity contribution is 0.248. The third kappa shape index (κ3) is 4.83. The Morgan fingerprint density at radius 3 is 1.71 bits per heavy atom. The summed E-state index contributed by atoms with van der Waals surface area (Å²) in [5, 5.41) is 9.46. The van der Waals surface area contributed by atoms with Crippen molar-refractivity contribution in [2.75, 3.05) is 13.1 Å². The van der Waals surface area contributed by atoms with E-state index in [1.54, 1.807) is 17.7 Å². The second kappa shape index (κ2) is 9.59. The Labute approximate surface area is 173 Å². The van der Waals surface area contributed by atoms with Crippen LogP contribution in [0.5, 0.6) is 5.75 Å². The molecule has 3 aromatic rings. The third-order valence-corrected chi connectivity index (χ3v) is 5.28. The topological polar surface area (TPSA) is 23.5 Å². The first-order chi connectivity index (χ1) is 13.3. The maximum atomic E-state index is 9.46. The van der Waals surface area contributed by atoms with E-state index in [4.69, 9.17) is 0 Å². The number of hydrogen-bond acceptors (Lipinski definition) is 2. The summed E-state index contributed by atoms with van der Waals surface area (Å²) in [5.41, 5.74) is 6.83. The summed E-state index contributed by atoms with van der Waals surface area (Å²) in [4.78, 5) is 2.50. The van der Waals surface area contributed by atoms with Gasteiger partial charge in [-0.25, -0.2) is 0 Å². The molecule has 28 heavy (non-hydrogen) atoms. The van der Waals surface area contributed by atoms with Crippen LogP contribution < -0.4 is 0 Å². The molecule has 1 aliphatic rings. The van der Waals surface area contributed by atoms with Crippen LogP contribution in [0.15, 0.2) is 90.5 Å². The van der Waals surface area contributed by atoms with Crippen molar-refractivity contribution in [3.8, 4) is 5.75 Å². The summed E-state index contributed by atoms with van der Waals surface area (Å²) in [6, 6.07) is 29.1. The van der Waals surface area contributed by atoms with Crippen molar-refractivity contribution in [3.05, 3.63) is 107 Å². The van der Waals surface area contributed by atoms with E-state index < -0.39 is 0 Å². The maximum absolute atomic E-state index is 9.46. The minimum Gasteiger partial charge on any atom is -0.508 e. The van der Waals surface area contributed by atoms with Crippen molar-refractivity contribution in [3.63, 3.8) is 0 Å². The van der Waals surface area contributed by atoms with E-state index in [0.29, 0.717) is 5.75 Å². The van der Waals surface area contributed by atoms with Crippen LogP contribution >= 0.6 is 12.4 Å². The zero-order valence-corrected chi connectivity index (χ0v) is 16.7. The molecule has 4 rings (SSSR count). The molecule has 0 aromatic heterocycles. The number of rotatable bonds is 4. The molecule has 144 valence electrons. The number of aromatic hydroxyl groups is 1. The second-order valence-electron chi connectivity index (χ2n) is 7.15. The van der Waals surface area contributed by atoms with Gasteiger partial charge in [0, 0.05) is 19.6 Å². The normalized spacial score (nSPS) is 14.4. The van der Waals surface area contributed by atoms with Gasteiger partial charge in [-0.1, -0.05) is 78.4 Å². The van der Waals surface area contributed by atoms with Crippen LogP contribution in [0, 0.1) is 0 Å².